The average molecular weight is 307 g/mol. The van der Waals surface area contributed by atoms with Crippen molar-refractivity contribution in [2.45, 2.75) is 32.5 Å². The molecule has 4 nitrogen and oxygen atoms in total. The zero-order chi connectivity index (χ0) is 15.5. The van der Waals surface area contributed by atoms with Crippen LogP contribution in [0.1, 0.15) is 19.4 Å². The Morgan fingerprint density at radius 3 is 2.52 bits per heavy atom. The summed E-state index contributed by atoms with van der Waals surface area (Å²) in [5.74, 6) is 0.316. The molecule has 0 amide bonds. The van der Waals surface area contributed by atoms with Crippen molar-refractivity contribution in [2.24, 2.45) is 5.73 Å². The lowest BCUT2D eigenvalue weighted by Gasteiger charge is -2.20. The number of rotatable bonds is 5. The van der Waals surface area contributed by atoms with Gasteiger partial charge in [0.1, 0.15) is 6.61 Å². The highest BCUT2D eigenvalue weighted by atomic mass is 35.5. The molecule has 112 valence electrons. The standard InChI is InChI=1S/C16H19ClN2O2/c1-16(2,18)11-19-9-3-4-14(15(19)20)21-10-12-5-7-13(17)8-6-12/h3-9H,10-11,18H2,1-2H3. The smallest absolute Gasteiger partial charge is 0.292 e. The van der Waals surface area contributed by atoms with Crippen molar-refractivity contribution in [3.05, 3.63) is 63.5 Å². The van der Waals surface area contributed by atoms with Gasteiger partial charge in [-0.1, -0.05) is 23.7 Å². The molecule has 1 aromatic heterocycles. The first-order valence-corrected chi connectivity index (χ1v) is 7.08. The Kier molecular flexibility index (Phi) is 4.70. The van der Waals surface area contributed by atoms with E-state index in [1.165, 1.54) is 0 Å². The van der Waals surface area contributed by atoms with Crippen LogP contribution in [0.2, 0.25) is 5.02 Å². The molecular weight excluding hydrogens is 288 g/mol. The van der Waals surface area contributed by atoms with Crippen LogP contribution in [0.25, 0.3) is 0 Å². The number of pyridine rings is 1. The number of hydrogen-bond donors (Lipinski definition) is 1. The fourth-order valence-corrected chi connectivity index (χ4v) is 2.06. The summed E-state index contributed by atoms with van der Waals surface area (Å²) in [5, 5.41) is 0.672. The second kappa shape index (κ2) is 6.33. The maximum Gasteiger partial charge on any atom is 0.292 e. The fourth-order valence-electron chi connectivity index (χ4n) is 1.93. The quantitative estimate of drug-likeness (QED) is 0.924. The predicted octanol–water partition coefficient (Wildman–Crippen LogP) is 2.82. The van der Waals surface area contributed by atoms with Crippen molar-refractivity contribution >= 4 is 11.6 Å². The van der Waals surface area contributed by atoms with Gasteiger partial charge < -0.3 is 15.0 Å². The molecule has 1 heterocycles. The summed E-state index contributed by atoms with van der Waals surface area (Å²) in [6, 6.07) is 10.8. The summed E-state index contributed by atoms with van der Waals surface area (Å²) in [7, 11) is 0. The van der Waals surface area contributed by atoms with Crippen LogP contribution in [-0.2, 0) is 13.2 Å². The van der Waals surface area contributed by atoms with E-state index >= 15 is 0 Å². The van der Waals surface area contributed by atoms with Crippen LogP contribution < -0.4 is 16.0 Å². The van der Waals surface area contributed by atoms with E-state index in [-0.39, 0.29) is 5.56 Å². The van der Waals surface area contributed by atoms with Gasteiger partial charge >= 0.3 is 0 Å². The molecule has 0 fully saturated rings. The molecule has 2 rings (SSSR count). The topological polar surface area (TPSA) is 57.2 Å². The van der Waals surface area contributed by atoms with Gasteiger partial charge in [0.05, 0.1) is 0 Å². The molecule has 0 aliphatic heterocycles. The molecule has 0 unspecified atom stereocenters. The molecule has 2 aromatic rings. The highest BCUT2D eigenvalue weighted by Gasteiger charge is 2.14. The lowest BCUT2D eigenvalue weighted by molar-refractivity contribution is 0.296. The van der Waals surface area contributed by atoms with Gasteiger partial charge in [0.15, 0.2) is 5.75 Å². The molecule has 0 aliphatic rings. The van der Waals surface area contributed by atoms with Crippen molar-refractivity contribution < 1.29 is 4.74 Å². The third-order valence-corrected chi connectivity index (χ3v) is 3.12. The predicted molar refractivity (Wildman–Crippen MR) is 84.8 cm³/mol. The Labute approximate surface area is 129 Å². The van der Waals surface area contributed by atoms with Crippen molar-refractivity contribution in [2.75, 3.05) is 0 Å². The van der Waals surface area contributed by atoms with Crippen LogP contribution in [0.15, 0.2) is 47.4 Å². The fraction of sp³-hybridized carbons (Fsp3) is 0.312. The van der Waals surface area contributed by atoms with Gasteiger partial charge in [0, 0.05) is 23.3 Å². The molecule has 0 saturated carbocycles. The van der Waals surface area contributed by atoms with Crippen LogP contribution in [-0.4, -0.2) is 10.1 Å². The van der Waals surface area contributed by atoms with Crippen LogP contribution >= 0.6 is 11.6 Å². The Morgan fingerprint density at radius 1 is 1.24 bits per heavy atom. The first-order valence-electron chi connectivity index (χ1n) is 6.71. The van der Waals surface area contributed by atoms with Crippen molar-refractivity contribution in [1.82, 2.24) is 4.57 Å². The highest BCUT2D eigenvalue weighted by Crippen LogP contribution is 2.12. The molecule has 21 heavy (non-hydrogen) atoms. The number of hydrogen-bond acceptors (Lipinski definition) is 3. The summed E-state index contributed by atoms with van der Waals surface area (Å²) in [6.45, 7) is 4.51. The molecule has 0 radical (unpaired) electrons. The number of nitrogens with two attached hydrogens (primary N) is 1. The van der Waals surface area contributed by atoms with Gasteiger partial charge in [-0.15, -0.1) is 0 Å². The number of nitrogens with zero attached hydrogens (tertiary/aromatic N) is 1. The highest BCUT2D eigenvalue weighted by molar-refractivity contribution is 6.30. The average Bonchev–Trinajstić information content (AvgIpc) is 2.40. The first-order chi connectivity index (χ1) is 9.85. The van der Waals surface area contributed by atoms with Crippen LogP contribution in [0, 0.1) is 0 Å². The van der Waals surface area contributed by atoms with Crippen molar-refractivity contribution in [3.63, 3.8) is 0 Å². The largest absolute Gasteiger partial charge is 0.483 e. The van der Waals surface area contributed by atoms with Gasteiger partial charge in [-0.25, -0.2) is 0 Å². The van der Waals surface area contributed by atoms with Gasteiger partial charge in [-0.3, -0.25) is 4.79 Å². The first kappa shape index (κ1) is 15.6. The van der Waals surface area contributed by atoms with Crippen LogP contribution in [0.4, 0.5) is 0 Å². The Balaban J connectivity index is 2.12. The summed E-state index contributed by atoms with van der Waals surface area (Å²) in [4.78, 5) is 12.3. The second-order valence-corrected chi connectivity index (χ2v) is 6.15. The number of benzene rings is 1. The minimum atomic E-state index is -0.460. The number of aromatic nitrogens is 1. The molecule has 0 spiro atoms. The zero-order valence-electron chi connectivity index (χ0n) is 12.2. The monoisotopic (exact) mass is 306 g/mol. The molecule has 0 bridgehead atoms. The third-order valence-electron chi connectivity index (χ3n) is 2.87. The Bertz CT molecular complexity index is 657. The van der Waals surface area contributed by atoms with Gasteiger partial charge in [0.2, 0.25) is 0 Å². The minimum Gasteiger partial charge on any atom is -0.483 e. The minimum absolute atomic E-state index is 0.176. The zero-order valence-corrected chi connectivity index (χ0v) is 12.9. The summed E-state index contributed by atoms with van der Waals surface area (Å²) >= 11 is 5.83. The van der Waals surface area contributed by atoms with Gasteiger partial charge in [-0.05, 0) is 43.7 Å². The molecule has 0 atom stereocenters. The Hall–Kier alpha value is -1.78. The van der Waals surface area contributed by atoms with Crippen LogP contribution in [0.5, 0.6) is 5.75 Å². The van der Waals surface area contributed by atoms with Crippen molar-refractivity contribution in [3.8, 4) is 5.75 Å². The molecule has 0 aliphatic carbocycles. The molecular formula is C16H19ClN2O2. The molecule has 5 heteroatoms. The van der Waals surface area contributed by atoms with E-state index in [2.05, 4.69) is 0 Å². The maximum absolute atomic E-state index is 12.3. The van der Waals surface area contributed by atoms with E-state index in [1.807, 2.05) is 26.0 Å². The summed E-state index contributed by atoms with van der Waals surface area (Å²) < 4.78 is 7.17. The van der Waals surface area contributed by atoms with E-state index in [0.29, 0.717) is 23.9 Å². The maximum atomic E-state index is 12.3. The normalized spacial score (nSPS) is 11.4. The van der Waals surface area contributed by atoms with Gasteiger partial charge in [0.25, 0.3) is 5.56 Å². The Morgan fingerprint density at radius 2 is 1.90 bits per heavy atom. The SMILES string of the molecule is CC(C)(N)Cn1cccc(OCc2ccc(Cl)cc2)c1=O. The molecule has 0 saturated heterocycles. The van der Waals surface area contributed by atoms with Crippen molar-refractivity contribution in [1.29, 1.82) is 0 Å². The lowest BCUT2D eigenvalue weighted by atomic mass is 10.1. The lowest BCUT2D eigenvalue weighted by Crippen LogP contribution is -2.40. The van der Waals surface area contributed by atoms with E-state index in [0.717, 1.165) is 5.56 Å². The van der Waals surface area contributed by atoms with E-state index < -0.39 is 5.54 Å². The molecule has 1 aromatic carbocycles. The van der Waals surface area contributed by atoms with E-state index in [4.69, 9.17) is 22.1 Å². The third kappa shape index (κ3) is 4.62. The van der Waals surface area contributed by atoms with Gasteiger partial charge in [-0.2, -0.15) is 0 Å². The van der Waals surface area contributed by atoms with E-state index in [1.54, 1.807) is 35.0 Å². The number of ether oxygens (including phenoxy) is 1. The van der Waals surface area contributed by atoms with Crippen LogP contribution in [0.3, 0.4) is 0 Å². The van der Waals surface area contributed by atoms with E-state index in [9.17, 15) is 4.79 Å². The molecule has 2 N–H and O–H groups in total. The summed E-state index contributed by atoms with van der Waals surface area (Å²) in [5.41, 5.74) is 6.27. The summed E-state index contributed by atoms with van der Waals surface area (Å²) in [6.07, 6.45) is 1.71. The second-order valence-electron chi connectivity index (χ2n) is 5.71. The number of halogens is 1.